The summed E-state index contributed by atoms with van der Waals surface area (Å²) < 4.78 is 0. The zero-order chi connectivity index (χ0) is 7.40. The van der Waals surface area contributed by atoms with Crippen LogP contribution >= 0.6 is 11.6 Å². The van der Waals surface area contributed by atoms with Crippen LogP contribution in [-0.4, -0.2) is 7.85 Å². The predicted molar refractivity (Wildman–Crippen MR) is 49.0 cm³/mol. The van der Waals surface area contributed by atoms with Gasteiger partial charge in [0.1, 0.15) is 7.85 Å². The molecule has 1 aromatic carbocycles. The Morgan fingerprint density at radius 3 is 2.30 bits per heavy atom. The van der Waals surface area contributed by atoms with Crippen LogP contribution in [0, 0.1) is 0 Å². The molecule has 10 heavy (non-hydrogen) atoms. The number of hydrogen-bond acceptors (Lipinski definition) is 0. The molecule has 1 rings (SSSR count). The Morgan fingerprint density at radius 1 is 1.20 bits per heavy atom. The summed E-state index contributed by atoms with van der Waals surface area (Å²) in [6.45, 7) is 0. The lowest BCUT2D eigenvalue weighted by Gasteiger charge is -1.91. The van der Waals surface area contributed by atoms with Crippen molar-refractivity contribution in [2.45, 2.75) is 0 Å². The minimum Gasteiger partial charge on any atom is -0.123 e. The SMILES string of the molecule is B/C=C/c1ccc(Cl)cc1. The van der Waals surface area contributed by atoms with Gasteiger partial charge < -0.3 is 0 Å². The minimum absolute atomic E-state index is 0.785. The number of benzene rings is 1. The number of hydrogen-bond donors (Lipinski definition) is 0. The van der Waals surface area contributed by atoms with Crippen molar-refractivity contribution in [3.63, 3.8) is 0 Å². The van der Waals surface area contributed by atoms with Crippen LogP contribution in [0.25, 0.3) is 6.08 Å². The van der Waals surface area contributed by atoms with E-state index in [0.717, 1.165) is 5.02 Å². The zero-order valence-corrected chi connectivity index (χ0v) is 6.60. The van der Waals surface area contributed by atoms with Gasteiger partial charge in [0.05, 0.1) is 0 Å². The van der Waals surface area contributed by atoms with Gasteiger partial charge in [-0.2, -0.15) is 0 Å². The lowest BCUT2D eigenvalue weighted by atomic mass is 10.1. The van der Waals surface area contributed by atoms with E-state index in [9.17, 15) is 0 Å². The molecule has 50 valence electrons. The van der Waals surface area contributed by atoms with Gasteiger partial charge >= 0.3 is 0 Å². The Morgan fingerprint density at radius 2 is 1.80 bits per heavy atom. The average molecular weight is 150 g/mol. The maximum Gasteiger partial charge on any atom is 0.129 e. The molecule has 0 unspecified atom stereocenters. The van der Waals surface area contributed by atoms with Crippen LogP contribution in [0.1, 0.15) is 5.56 Å². The van der Waals surface area contributed by atoms with Crippen molar-refractivity contribution in [2.24, 2.45) is 0 Å². The maximum absolute atomic E-state index is 5.69. The van der Waals surface area contributed by atoms with Gasteiger partial charge in [0.2, 0.25) is 0 Å². The van der Waals surface area contributed by atoms with Crippen molar-refractivity contribution < 1.29 is 0 Å². The molecule has 0 amide bonds. The van der Waals surface area contributed by atoms with Gasteiger partial charge in [0.25, 0.3) is 0 Å². The highest BCUT2D eigenvalue weighted by molar-refractivity contribution is 6.30. The third-order valence-electron chi connectivity index (χ3n) is 1.23. The topological polar surface area (TPSA) is 0 Å². The third kappa shape index (κ3) is 1.92. The fourth-order valence-electron chi connectivity index (χ4n) is 0.766. The van der Waals surface area contributed by atoms with Crippen LogP contribution in [0.3, 0.4) is 0 Å². The van der Waals surface area contributed by atoms with E-state index in [-0.39, 0.29) is 0 Å². The Kier molecular flexibility index (Phi) is 2.58. The molecule has 0 aliphatic rings. The molecule has 0 aromatic heterocycles. The Balaban J connectivity index is 2.89. The van der Waals surface area contributed by atoms with E-state index >= 15 is 0 Å². The van der Waals surface area contributed by atoms with Gasteiger partial charge in [0, 0.05) is 5.02 Å². The normalized spacial score (nSPS) is 10.5. The minimum atomic E-state index is 0.785. The van der Waals surface area contributed by atoms with Crippen LogP contribution in [0.4, 0.5) is 0 Å². The molecule has 0 aliphatic heterocycles. The van der Waals surface area contributed by atoms with Crippen molar-refractivity contribution in [3.05, 3.63) is 40.8 Å². The first-order chi connectivity index (χ1) is 4.83. The van der Waals surface area contributed by atoms with Crippen molar-refractivity contribution in [1.82, 2.24) is 0 Å². The molecular formula is C8H8BCl. The molecule has 2 heteroatoms. The van der Waals surface area contributed by atoms with Crippen molar-refractivity contribution >= 4 is 25.5 Å². The van der Waals surface area contributed by atoms with Gasteiger partial charge in [-0.05, 0) is 17.7 Å². The molecule has 0 spiro atoms. The number of halogens is 1. The molecular weight excluding hydrogens is 142 g/mol. The van der Waals surface area contributed by atoms with Crippen LogP contribution in [0.2, 0.25) is 5.02 Å². The second kappa shape index (κ2) is 3.48. The first kappa shape index (κ1) is 7.42. The summed E-state index contributed by atoms with van der Waals surface area (Å²) in [4.78, 5) is 0. The average Bonchev–Trinajstić information content (AvgIpc) is 1.95. The van der Waals surface area contributed by atoms with Gasteiger partial charge in [-0.15, -0.1) is 5.98 Å². The molecule has 0 nitrogen and oxygen atoms in total. The summed E-state index contributed by atoms with van der Waals surface area (Å²) in [5.41, 5.74) is 1.19. The van der Waals surface area contributed by atoms with E-state index in [1.165, 1.54) is 5.56 Å². The fraction of sp³-hybridized carbons (Fsp3) is 0. The van der Waals surface area contributed by atoms with E-state index in [2.05, 4.69) is 0 Å². The Hall–Kier alpha value is -0.685. The van der Waals surface area contributed by atoms with E-state index in [1.54, 1.807) is 0 Å². The van der Waals surface area contributed by atoms with Crippen molar-refractivity contribution in [2.75, 3.05) is 0 Å². The number of rotatable bonds is 1. The van der Waals surface area contributed by atoms with Crippen molar-refractivity contribution in [3.8, 4) is 0 Å². The first-order valence-electron chi connectivity index (χ1n) is 3.21. The largest absolute Gasteiger partial charge is 0.129 e. The summed E-state index contributed by atoms with van der Waals surface area (Å²) in [6, 6.07) is 7.75. The first-order valence-corrected chi connectivity index (χ1v) is 3.59. The fourth-order valence-corrected chi connectivity index (χ4v) is 0.892. The summed E-state index contributed by atoms with van der Waals surface area (Å²) in [5.74, 6) is 2.00. The Labute approximate surface area is 66.9 Å². The summed E-state index contributed by atoms with van der Waals surface area (Å²) >= 11 is 5.69. The highest BCUT2D eigenvalue weighted by Crippen LogP contribution is 2.09. The Bertz CT molecular complexity index is 226. The lowest BCUT2D eigenvalue weighted by Crippen LogP contribution is -1.69. The van der Waals surface area contributed by atoms with E-state index < -0.39 is 0 Å². The second-order valence-electron chi connectivity index (χ2n) is 2.05. The summed E-state index contributed by atoms with van der Waals surface area (Å²) in [6.07, 6.45) is 2.04. The zero-order valence-electron chi connectivity index (χ0n) is 5.84. The third-order valence-corrected chi connectivity index (χ3v) is 1.48. The van der Waals surface area contributed by atoms with E-state index in [1.807, 2.05) is 44.2 Å². The van der Waals surface area contributed by atoms with Crippen LogP contribution in [-0.2, 0) is 0 Å². The maximum atomic E-state index is 5.69. The van der Waals surface area contributed by atoms with Gasteiger partial charge in [-0.1, -0.05) is 29.8 Å². The van der Waals surface area contributed by atoms with Crippen LogP contribution in [0.15, 0.2) is 30.2 Å². The molecule has 0 atom stereocenters. The van der Waals surface area contributed by atoms with Gasteiger partial charge in [-0.3, -0.25) is 0 Å². The van der Waals surface area contributed by atoms with Gasteiger partial charge in [0.15, 0.2) is 0 Å². The monoisotopic (exact) mass is 150 g/mol. The molecule has 0 aliphatic carbocycles. The molecule has 0 radical (unpaired) electrons. The molecule has 0 N–H and O–H groups in total. The predicted octanol–water partition coefficient (Wildman–Crippen LogP) is 1.94. The molecule has 0 heterocycles. The van der Waals surface area contributed by atoms with Crippen LogP contribution in [0.5, 0.6) is 0 Å². The molecule has 0 saturated carbocycles. The summed E-state index contributed by atoms with van der Waals surface area (Å²) in [5, 5.41) is 0.785. The highest BCUT2D eigenvalue weighted by atomic mass is 35.5. The van der Waals surface area contributed by atoms with E-state index in [0.29, 0.717) is 0 Å². The molecule has 1 aromatic rings. The molecule has 0 saturated heterocycles. The van der Waals surface area contributed by atoms with Crippen LogP contribution < -0.4 is 0 Å². The second-order valence-corrected chi connectivity index (χ2v) is 2.49. The molecule has 0 fully saturated rings. The van der Waals surface area contributed by atoms with E-state index in [4.69, 9.17) is 11.6 Å². The lowest BCUT2D eigenvalue weighted by molar-refractivity contribution is 1.66. The van der Waals surface area contributed by atoms with Crippen molar-refractivity contribution in [1.29, 1.82) is 0 Å². The smallest absolute Gasteiger partial charge is 0.123 e. The quantitative estimate of drug-likeness (QED) is 0.537. The standard InChI is InChI=1S/C8H8BCl/c9-6-5-7-1-3-8(10)4-2-7/h1-6H,9H2/b6-5+. The highest BCUT2D eigenvalue weighted by Gasteiger charge is 1.84. The summed E-state index contributed by atoms with van der Waals surface area (Å²) in [7, 11) is 1.99. The van der Waals surface area contributed by atoms with Gasteiger partial charge in [-0.25, -0.2) is 0 Å². The molecule has 0 bridgehead atoms.